The Bertz CT molecular complexity index is 1100. The molecule has 0 bridgehead atoms. The zero-order valence-electron chi connectivity index (χ0n) is 15.6. The quantitative estimate of drug-likeness (QED) is 0.544. The molecule has 0 saturated heterocycles. The van der Waals surface area contributed by atoms with Crippen molar-refractivity contribution in [3.05, 3.63) is 66.8 Å². The van der Waals surface area contributed by atoms with E-state index >= 15 is 0 Å². The Hall–Kier alpha value is -3.94. The van der Waals surface area contributed by atoms with E-state index < -0.39 is 5.91 Å². The van der Waals surface area contributed by atoms with Crippen LogP contribution in [0.5, 0.6) is 5.75 Å². The summed E-state index contributed by atoms with van der Waals surface area (Å²) in [6, 6.07) is 5.47. The highest BCUT2D eigenvalue weighted by Crippen LogP contribution is 2.29. The zero-order valence-corrected chi connectivity index (χ0v) is 15.6. The fourth-order valence-corrected chi connectivity index (χ4v) is 2.59. The lowest BCUT2D eigenvalue weighted by atomic mass is 10.1. The molecule has 0 unspecified atom stereocenters. The van der Waals surface area contributed by atoms with Crippen LogP contribution in [0.15, 0.2) is 55.3 Å². The van der Waals surface area contributed by atoms with Crippen molar-refractivity contribution < 1.29 is 9.53 Å². The second-order valence-electron chi connectivity index (χ2n) is 5.78. The van der Waals surface area contributed by atoms with Gasteiger partial charge in [-0.05, 0) is 25.1 Å². The summed E-state index contributed by atoms with van der Waals surface area (Å²) in [5, 5.41) is 10.3. The summed E-state index contributed by atoms with van der Waals surface area (Å²) in [6.45, 7) is 5.76. The first kappa shape index (κ1) is 18.8. The Morgan fingerprint density at radius 2 is 2.18 bits per heavy atom. The van der Waals surface area contributed by atoms with Crippen LogP contribution in [-0.2, 0) is 0 Å². The number of carbonyl (C=O) groups is 1. The van der Waals surface area contributed by atoms with Gasteiger partial charge in [-0.3, -0.25) is 9.89 Å². The molecule has 0 fully saturated rings. The van der Waals surface area contributed by atoms with Crippen LogP contribution in [0.25, 0.3) is 16.5 Å². The summed E-state index contributed by atoms with van der Waals surface area (Å²) < 4.78 is 5.31. The van der Waals surface area contributed by atoms with Gasteiger partial charge in [0.05, 0.1) is 24.5 Å². The number of hydrogen-bond donors (Lipinski definition) is 3. The maximum absolute atomic E-state index is 11.6. The number of aromatic amines is 1. The van der Waals surface area contributed by atoms with Gasteiger partial charge in [0, 0.05) is 11.0 Å². The molecular formula is C20H20N6O2. The van der Waals surface area contributed by atoms with E-state index in [1.807, 2.05) is 43.4 Å². The lowest BCUT2D eigenvalue weighted by Crippen LogP contribution is -2.13. The molecule has 1 aromatic carbocycles. The number of nitrogens with two attached hydrogens (primary N) is 1. The minimum atomic E-state index is -0.629. The van der Waals surface area contributed by atoms with E-state index in [4.69, 9.17) is 10.5 Å². The number of aromatic nitrogens is 4. The van der Waals surface area contributed by atoms with Crippen LogP contribution in [0.3, 0.4) is 0 Å². The number of carbonyl (C=O) groups excluding carboxylic acids is 1. The number of hydrogen-bond acceptors (Lipinski definition) is 6. The number of nitrogens with one attached hydrogen (secondary N) is 2. The molecule has 8 nitrogen and oxygen atoms in total. The van der Waals surface area contributed by atoms with Crippen molar-refractivity contribution >= 4 is 33.9 Å². The monoisotopic (exact) mass is 376 g/mol. The number of ether oxygens (including phenoxy) is 1. The number of anilines is 2. The van der Waals surface area contributed by atoms with Crippen LogP contribution in [-0.4, -0.2) is 33.2 Å². The maximum Gasteiger partial charge on any atom is 0.268 e. The van der Waals surface area contributed by atoms with Crippen molar-refractivity contribution in [3.8, 4) is 5.75 Å². The second-order valence-corrected chi connectivity index (χ2v) is 5.78. The van der Waals surface area contributed by atoms with Crippen LogP contribution in [0.1, 0.15) is 23.2 Å². The number of benzene rings is 1. The topological polar surface area (TPSA) is 119 Å². The Kier molecular flexibility index (Phi) is 5.50. The largest absolute Gasteiger partial charge is 0.497 e. The van der Waals surface area contributed by atoms with E-state index in [1.54, 1.807) is 13.2 Å². The Morgan fingerprint density at radius 3 is 2.86 bits per heavy atom. The van der Waals surface area contributed by atoms with Crippen molar-refractivity contribution in [3.63, 3.8) is 0 Å². The molecule has 4 N–H and O–H groups in total. The molecule has 28 heavy (non-hydrogen) atoms. The zero-order chi connectivity index (χ0) is 20.1. The SMILES string of the molecule is C=C/C(=C\C=C/C)c1nc(Nc2cn[nH]c2C(N)=O)c2cc(OC)ccc2n1. The number of rotatable bonds is 7. The van der Waals surface area contributed by atoms with Crippen molar-refractivity contribution in [1.29, 1.82) is 0 Å². The molecule has 0 saturated carbocycles. The third-order valence-electron chi connectivity index (χ3n) is 3.99. The van der Waals surface area contributed by atoms with Gasteiger partial charge in [0.1, 0.15) is 17.3 Å². The molecule has 3 rings (SSSR count). The minimum Gasteiger partial charge on any atom is -0.497 e. The van der Waals surface area contributed by atoms with Crippen molar-refractivity contribution in [2.75, 3.05) is 12.4 Å². The average molecular weight is 376 g/mol. The van der Waals surface area contributed by atoms with E-state index in [9.17, 15) is 4.79 Å². The molecule has 1 amide bonds. The van der Waals surface area contributed by atoms with Crippen molar-refractivity contribution in [2.24, 2.45) is 5.73 Å². The fraction of sp³-hybridized carbons (Fsp3) is 0.100. The molecule has 0 aliphatic rings. The number of primary amides is 1. The van der Waals surface area contributed by atoms with Gasteiger partial charge in [-0.25, -0.2) is 9.97 Å². The van der Waals surface area contributed by atoms with Gasteiger partial charge in [-0.2, -0.15) is 5.10 Å². The van der Waals surface area contributed by atoms with Crippen LogP contribution in [0.2, 0.25) is 0 Å². The Morgan fingerprint density at radius 1 is 1.36 bits per heavy atom. The van der Waals surface area contributed by atoms with Gasteiger partial charge >= 0.3 is 0 Å². The summed E-state index contributed by atoms with van der Waals surface area (Å²) in [5.74, 6) is 0.993. The summed E-state index contributed by atoms with van der Waals surface area (Å²) in [7, 11) is 1.58. The van der Waals surface area contributed by atoms with Gasteiger partial charge in [0.25, 0.3) is 5.91 Å². The fourth-order valence-electron chi connectivity index (χ4n) is 2.59. The first-order valence-corrected chi connectivity index (χ1v) is 8.49. The average Bonchev–Trinajstić information content (AvgIpc) is 3.17. The molecule has 0 aliphatic carbocycles. The number of nitrogens with zero attached hydrogens (tertiary/aromatic N) is 3. The summed E-state index contributed by atoms with van der Waals surface area (Å²) in [5.41, 5.74) is 7.42. The molecule has 0 spiro atoms. The normalized spacial score (nSPS) is 11.7. The van der Waals surface area contributed by atoms with Crippen LogP contribution in [0.4, 0.5) is 11.5 Å². The number of H-pyrrole nitrogens is 1. The molecule has 2 heterocycles. The molecule has 0 radical (unpaired) electrons. The minimum absolute atomic E-state index is 0.157. The predicted molar refractivity (Wildman–Crippen MR) is 109 cm³/mol. The molecule has 0 aliphatic heterocycles. The molecule has 0 atom stereocenters. The lowest BCUT2D eigenvalue weighted by molar-refractivity contribution is 0.0996. The second kappa shape index (κ2) is 8.17. The molecule has 3 aromatic rings. The van der Waals surface area contributed by atoms with Crippen LogP contribution < -0.4 is 15.8 Å². The number of amides is 1. The van der Waals surface area contributed by atoms with Crippen LogP contribution in [0, 0.1) is 0 Å². The Balaban J connectivity index is 2.20. The van der Waals surface area contributed by atoms with Gasteiger partial charge in [-0.1, -0.05) is 30.9 Å². The number of fused-ring (bicyclic) bond motifs is 1. The van der Waals surface area contributed by atoms with E-state index in [0.717, 1.165) is 5.57 Å². The van der Waals surface area contributed by atoms with E-state index in [1.165, 1.54) is 6.20 Å². The van der Waals surface area contributed by atoms with E-state index in [0.29, 0.717) is 34.0 Å². The first-order valence-electron chi connectivity index (χ1n) is 8.49. The molecule has 142 valence electrons. The number of methoxy groups -OCH3 is 1. The summed E-state index contributed by atoms with van der Waals surface area (Å²) >= 11 is 0. The lowest BCUT2D eigenvalue weighted by Gasteiger charge is -2.12. The first-order chi connectivity index (χ1) is 13.6. The van der Waals surface area contributed by atoms with Crippen molar-refractivity contribution in [2.45, 2.75) is 6.92 Å². The Labute approximate surface area is 161 Å². The smallest absolute Gasteiger partial charge is 0.268 e. The third kappa shape index (κ3) is 3.75. The van der Waals surface area contributed by atoms with Gasteiger partial charge in [0.15, 0.2) is 5.82 Å². The van der Waals surface area contributed by atoms with Gasteiger partial charge in [0.2, 0.25) is 0 Å². The standard InChI is InChI=1S/C20H20N6O2/c1-4-6-7-12(5-2)19-23-15-9-8-13(28-3)10-14(15)20(25-19)24-16-11-22-26-17(16)18(21)27/h4-11H,2H2,1,3H3,(H2,21,27)(H,22,26)(H,23,24,25)/b6-4-,12-7+. The van der Waals surface area contributed by atoms with E-state index in [-0.39, 0.29) is 5.69 Å². The summed E-state index contributed by atoms with van der Waals surface area (Å²) in [4.78, 5) is 20.9. The van der Waals surface area contributed by atoms with E-state index in [2.05, 4.69) is 32.1 Å². The van der Waals surface area contributed by atoms with Gasteiger partial charge in [-0.15, -0.1) is 0 Å². The third-order valence-corrected chi connectivity index (χ3v) is 3.99. The number of allylic oxidation sites excluding steroid dienone is 5. The molecular weight excluding hydrogens is 356 g/mol. The predicted octanol–water partition coefficient (Wildman–Crippen LogP) is 3.35. The summed E-state index contributed by atoms with van der Waals surface area (Å²) in [6.07, 6.45) is 8.80. The van der Waals surface area contributed by atoms with Crippen molar-refractivity contribution in [1.82, 2.24) is 20.2 Å². The highest BCUT2D eigenvalue weighted by Gasteiger charge is 2.15. The van der Waals surface area contributed by atoms with Gasteiger partial charge < -0.3 is 15.8 Å². The molecule has 8 heteroatoms. The molecule has 2 aromatic heterocycles. The van der Waals surface area contributed by atoms with Crippen LogP contribution >= 0.6 is 0 Å². The maximum atomic E-state index is 11.6. The highest BCUT2D eigenvalue weighted by atomic mass is 16.5. The highest BCUT2D eigenvalue weighted by molar-refractivity contribution is 5.99.